The molecule has 1 aromatic carbocycles. The molecule has 7 nitrogen and oxygen atoms in total. The van der Waals surface area contributed by atoms with Gasteiger partial charge in [0.1, 0.15) is 18.8 Å². The summed E-state index contributed by atoms with van der Waals surface area (Å²) in [6.45, 7) is 4.23. The number of likely N-dealkylation sites (tertiary alicyclic amines) is 1. The Morgan fingerprint density at radius 3 is 2.68 bits per heavy atom. The van der Waals surface area contributed by atoms with Crippen molar-refractivity contribution in [2.24, 2.45) is 0 Å². The second kappa shape index (κ2) is 7.29. The van der Waals surface area contributed by atoms with E-state index in [1.54, 1.807) is 13.8 Å². The molecule has 2 aliphatic rings. The first-order chi connectivity index (χ1) is 11.9. The summed E-state index contributed by atoms with van der Waals surface area (Å²) in [5.74, 6) is -0.785. The molecule has 0 aliphatic carbocycles. The Morgan fingerprint density at radius 2 is 2.04 bits per heavy atom. The number of hydrogen-bond acceptors (Lipinski definition) is 6. The maximum absolute atomic E-state index is 12.6. The van der Waals surface area contributed by atoms with Crippen molar-refractivity contribution in [2.75, 3.05) is 13.2 Å². The Bertz CT molecular complexity index is 592. The van der Waals surface area contributed by atoms with Crippen molar-refractivity contribution in [1.29, 1.82) is 0 Å². The lowest BCUT2D eigenvalue weighted by Crippen LogP contribution is -2.62. The third-order valence-corrected chi connectivity index (χ3v) is 4.62. The summed E-state index contributed by atoms with van der Waals surface area (Å²) in [6, 6.07) is 8.67. The van der Waals surface area contributed by atoms with Crippen molar-refractivity contribution in [1.82, 2.24) is 4.90 Å². The van der Waals surface area contributed by atoms with Gasteiger partial charge in [0.15, 0.2) is 5.79 Å². The number of carbonyl (C=O) groups is 1. The van der Waals surface area contributed by atoms with E-state index in [1.807, 2.05) is 30.3 Å². The van der Waals surface area contributed by atoms with E-state index >= 15 is 0 Å². The molecule has 0 saturated carbocycles. The van der Waals surface area contributed by atoms with E-state index in [0.29, 0.717) is 0 Å². The lowest BCUT2D eigenvalue weighted by atomic mass is 9.92. The predicted octanol–water partition coefficient (Wildman–Crippen LogP) is 1.27. The number of carbonyl (C=O) groups excluding carboxylic acids is 1. The van der Waals surface area contributed by atoms with Gasteiger partial charge in [0.25, 0.3) is 0 Å². The summed E-state index contributed by atoms with van der Waals surface area (Å²) in [5, 5.41) is 20.5. The molecule has 2 heterocycles. The molecule has 3 rings (SSSR count). The number of hydrogen-bond donors (Lipinski definition) is 2. The molecule has 0 unspecified atom stereocenters. The number of amides is 1. The van der Waals surface area contributed by atoms with Crippen LogP contribution in [0.4, 0.5) is 4.79 Å². The summed E-state index contributed by atoms with van der Waals surface area (Å²) in [4.78, 5) is 14.0. The number of nitrogens with zero attached hydrogens (tertiary/aromatic N) is 1. The largest absolute Gasteiger partial charge is 0.445 e. The third-order valence-electron chi connectivity index (χ3n) is 4.62. The van der Waals surface area contributed by atoms with Gasteiger partial charge in [-0.1, -0.05) is 30.3 Å². The van der Waals surface area contributed by atoms with Crippen molar-refractivity contribution in [3.8, 4) is 0 Å². The lowest BCUT2D eigenvalue weighted by Gasteiger charge is -2.42. The van der Waals surface area contributed by atoms with Gasteiger partial charge < -0.3 is 24.4 Å². The van der Waals surface area contributed by atoms with Gasteiger partial charge in [0.05, 0.1) is 18.8 Å². The highest BCUT2D eigenvalue weighted by Gasteiger charge is 2.48. The second-order valence-electron chi connectivity index (χ2n) is 6.94. The summed E-state index contributed by atoms with van der Waals surface area (Å²) >= 11 is 0. The van der Waals surface area contributed by atoms with Crippen molar-refractivity contribution >= 4 is 6.09 Å². The molecule has 0 spiro atoms. The fraction of sp³-hybridized carbons (Fsp3) is 0.611. The van der Waals surface area contributed by atoms with Gasteiger partial charge in [0.2, 0.25) is 0 Å². The van der Waals surface area contributed by atoms with E-state index in [9.17, 15) is 15.0 Å². The summed E-state index contributed by atoms with van der Waals surface area (Å²) in [5.41, 5.74) is 0.881. The van der Waals surface area contributed by atoms with Crippen LogP contribution in [0, 0.1) is 0 Å². The smallest absolute Gasteiger partial charge is 0.410 e. The number of rotatable bonds is 3. The standard InChI is InChI=1S/C18H25NO6/c1-18(2)24-11-14(25-18)15-16(21)13(20)8-9-19(15)17(22)23-10-12-6-4-3-5-7-12/h3-7,13-16,20-21H,8-11H2,1-2H3/t13-,14+,15+,16-/m0/s1. The van der Waals surface area contributed by atoms with Gasteiger partial charge in [-0.3, -0.25) is 4.90 Å². The summed E-state index contributed by atoms with van der Waals surface area (Å²) in [6.07, 6.45) is -2.79. The fourth-order valence-corrected chi connectivity index (χ4v) is 3.32. The van der Waals surface area contributed by atoms with Crippen LogP contribution in [0.3, 0.4) is 0 Å². The van der Waals surface area contributed by atoms with Gasteiger partial charge in [0, 0.05) is 6.54 Å². The first kappa shape index (κ1) is 18.1. The molecule has 1 aromatic rings. The molecule has 1 amide bonds. The molecule has 2 aliphatic heterocycles. The molecule has 138 valence electrons. The first-order valence-corrected chi connectivity index (χ1v) is 8.52. The molecule has 0 bridgehead atoms. The number of aliphatic hydroxyl groups excluding tert-OH is 2. The van der Waals surface area contributed by atoms with Gasteiger partial charge in [-0.2, -0.15) is 0 Å². The Morgan fingerprint density at radius 1 is 1.32 bits per heavy atom. The highest BCUT2D eigenvalue weighted by atomic mass is 16.7. The van der Waals surface area contributed by atoms with Gasteiger partial charge >= 0.3 is 6.09 Å². The van der Waals surface area contributed by atoms with E-state index in [-0.39, 0.29) is 26.2 Å². The van der Waals surface area contributed by atoms with Crippen molar-refractivity contribution < 1.29 is 29.2 Å². The fourth-order valence-electron chi connectivity index (χ4n) is 3.32. The van der Waals surface area contributed by atoms with Gasteiger partial charge in [-0.25, -0.2) is 4.79 Å². The Balaban J connectivity index is 1.69. The third kappa shape index (κ3) is 4.12. The topological polar surface area (TPSA) is 88.5 Å². The zero-order valence-corrected chi connectivity index (χ0v) is 14.5. The Kier molecular flexibility index (Phi) is 5.29. The average molecular weight is 351 g/mol. The summed E-state index contributed by atoms with van der Waals surface area (Å²) in [7, 11) is 0. The minimum absolute atomic E-state index is 0.148. The molecule has 2 saturated heterocycles. The second-order valence-corrected chi connectivity index (χ2v) is 6.94. The maximum Gasteiger partial charge on any atom is 0.410 e. The van der Waals surface area contributed by atoms with Crippen LogP contribution < -0.4 is 0 Å². The normalized spacial score (nSPS) is 31.8. The minimum atomic E-state index is -1.11. The van der Waals surface area contributed by atoms with E-state index in [0.717, 1.165) is 5.56 Å². The molecule has 25 heavy (non-hydrogen) atoms. The van der Waals surface area contributed by atoms with Gasteiger partial charge in [-0.15, -0.1) is 0 Å². The highest BCUT2D eigenvalue weighted by Crippen LogP contribution is 2.31. The molecular formula is C18H25NO6. The monoisotopic (exact) mass is 351 g/mol. The van der Waals surface area contributed by atoms with Crippen LogP contribution in [0.2, 0.25) is 0 Å². The molecule has 2 N–H and O–H groups in total. The molecule has 0 radical (unpaired) electrons. The van der Waals surface area contributed by atoms with Crippen molar-refractivity contribution in [2.45, 2.75) is 57.0 Å². The maximum atomic E-state index is 12.6. The molecule has 2 fully saturated rings. The molecule has 7 heteroatoms. The number of aliphatic hydroxyl groups is 2. The zero-order valence-electron chi connectivity index (χ0n) is 14.5. The van der Waals surface area contributed by atoms with Crippen LogP contribution in [0.15, 0.2) is 30.3 Å². The molecule has 4 atom stereocenters. The number of piperidine rings is 1. The summed E-state index contributed by atoms with van der Waals surface area (Å²) < 4.78 is 16.8. The van der Waals surface area contributed by atoms with Crippen LogP contribution >= 0.6 is 0 Å². The predicted molar refractivity (Wildman–Crippen MR) is 88.7 cm³/mol. The number of ether oxygens (including phenoxy) is 3. The zero-order chi connectivity index (χ0) is 18.0. The van der Waals surface area contributed by atoms with E-state index in [4.69, 9.17) is 14.2 Å². The SMILES string of the molecule is CC1(C)OC[C@H]([C@@H]2[C@@H](O)[C@@H](O)CCN2C(=O)OCc2ccccc2)O1. The Labute approximate surface area is 147 Å². The lowest BCUT2D eigenvalue weighted by molar-refractivity contribution is -0.163. The van der Waals surface area contributed by atoms with E-state index in [1.165, 1.54) is 4.90 Å². The van der Waals surface area contributed by atoms with Crippen LogP contribution in [0.25, 0.3) is 0 Å². The number of benzene rings is 1. The first-order valence-electron chi connectivity index (χ1n) is 8.52. The minimum Gasteiger partial charge on any atom is -0.445 e. The van der Waals surface area contributed by atoms with Gasteiger partial charge in [-0.05, 0) is 25.8 Å². The van der Waals surface area contributed by atoms with E-state index in [2.05, 4.69) is 0 Å². The quantitative estimate of drug-likeness (QED) is 0.853. The van der Waals surface area contributed by atoms with Crippen molar-refractivity contribution in [3.63, 3.8) is 0 Å². The Hall–Kier alpha value is -1.67. The van der Waals surface area contributed by atoms with Crippen LogP contribution in [-0.4, -0.2) is 64.5 Å². The molecular weight excluding hydrogens is 326 g/mol. The van der Waals surface area contributed by atoms with Crippen LogP contribution in [0.5, 0.6) is 0 Å². The molecule has 0 aromatic heterocycles. The van der Waals surface area contributed by atoms with Crippen LogP contribution in [-0.2, 0) is 20.8 Å². The average Bonchev–Trinajstić information content (AvgIpc) is 2.95. The van der Waals surface area contributed by atoms with E-state index < -0.39 is 36.2 Å². The highest BCUT2D eigenvalue weighted by molar-refractivity contribution is 5.68. The van der Waals surface area contributed by atoms with Crippen LogP contribution in [0.1, 0.15) is 25.8 Å². The van der Waals surface area contributed by atoms with Crippen molar-refractivity contribution in [3.05, 3.63) is 35.9 Å².